The first kappa shape index (κ1) is 62.9. The molecular weight excluding hydrogens is 1110 g/mol. The van der Waals surface area contributed by atoms with E-state index in [1.54, 1.807) is 48.2 Å². The number of hydrogen-bond donors (Lipinski definition) is 8. The number of hydrogen-bond acceptors (Lipinski definition) is 17. The molecule has 6 amide bonds. The molecule has 3 heterocycles. The monoisotopic (exact) mass is 1180 g/mol. The average molecular weight is 1180 g/mol. The number of nitrogens with zero attached hydrogens (tertiary/aromatic N) is 4. The molecule has 5 aliphatic rings. The fourth-order valence-electron chi connectivity index (χ4n) is 14.0. The summed E-state index contributed by atoms with van der Waals surface area (Å²) in [6, 6.07) is 10.3. The Kier molecular flexibility index (Phi) is 20.4. The number of sulfone groups is 1. The van der Waals surface area contributed by atoms with Crippen LogP contribution in [0.15, 0.2) is 75.5 Å². The van der Waals surface area contributed by atoms with E-state index in [0.29, 0.717) is 95.0 Å². The van der Waals surface area contributed by atoms with Gasteiger partial charge in [-0.15, -0.1) is 0 Å². The number of aliphatic hydroxyl groups is 2. The van der Waals surface area contributed by atoms with Gasteiger partial charge in [-0.05, 0) is 106 Å². The Morgan fingerprint density at radius 1 is 0.857 bits per heavy atom. The van der Waals surface area contributed by atoms with Gasteiger partial charge in [0.1, 0.15) is 18.9 Å². The van der Waals surface area contributed by atoms with Crippen molar-refractivity contribution in [2.24, 2.45) is 28.6 Å². The van der Waals surface area contributed by atoms with E-state index in [-0.39, 0.29) is 61.0 Å². The summed E-state index contributed by atoms with van der Waals surface area (Å²) in [6.07, 6.45) is 8.78. The molecule has 0 radical (unpaired) electrons. The number of rotatable bonds is 22. The number of amides is 6. The number of carbonyl (C=O) groups is 7. The van der Waals surface area contributed by atoms with Crippen LogP contribution in [0, 0.1) is 40.4 Å². The van der Waals surface area contributed by atoms with Crippen LogP contribution in [0.4, 0.5) is 4.79 Å². The first-order valence-electron chi connectivity index (χ1n) is 28.8. The molecule has 8 rings (SSSR count). The van der Waals surface area contributed by atoms with Crippen molar-refractivity contribution in [3.8, 4) is 11.8 Å². The standard InChI is InChI=1S/C59H77N9O15S/c1-57-22-18-42(29-40(57)15-16-44-51(57)52(74)53(75)58(2)43(19-23-59(44,58)79)39-14-17-50(73)83-35-39)68(56(77)78)41-20-24-67(25-21-41)26-27-82-36-65-48(71)33-62-54(76)45(28-37-10-6-4-7-11-37)66-49(72)34-61-47(70)32-60-46(69)13-9-5-8-12-38-30-63-55(64-31-38)84(3,80)81/h4,6-7,10-11,14,17,30-31,35,40-45,51-52,74,79H,5,9,13,15-16,18-29,32-34,36H2,1-3H3,(H,60,69)(H,61,70)(H,62,76)(H,65,71)(H,66,72)(H,77,78)/t40-,42+,43-,44-,45+,51-,52+,57+,58+,59+/m1/s1. The molecule has 25 heteroatoms. The van der Waals surface area contributed by atoms with Crippen LogP contribution < -0.4 is 32.2 Å². The molecule has 3 aromatic rings. The van der Waals surface area contributed by atoms with Crippen molar-refractivity contribution in [3.05, 3.63) is 88.2 Å². The van der Waals surface area contributed by atoms with Gasteiger partial charge in [-0.2, -0.15) is 0 Å². The largest absolute Gasteiger partial charge is 0.465 e. The number of likely N-dealkylation sites (tertiary alicyclic amines) is 1. The smallest absolute Gasteiger partial charge is 0.407 e. The zero-order valence-corrected chi connectivity index (χ0v) is 48.5. The van der Waals surface area contributed by atoms with Gasteiger partial charge < -0.3 is 60.9 Å². The number of carboxylic acid groups (broad SMARTS) is 1. The van der Waals surface area contributed by atoms with Gasteiger partial charge in [-0.1, -0.05) is 49.1 Å². The van der Waals surface area contributed by atoms with Gasteiger partial charge in [0.15, 0.2) is 5.78 Å². The summed E-state index contributed by atoms with van der Waals surface area (Å²) >= 11 is 0. The summed E-state index contributed by atoms with van der Waals surface area (Å²) in [5.41, 5.74) is -1.84. The number of ether oxygens (including phenoxy) is 1. The van der Waals surface area contributed by atoms with Gasteiger partial charge >= 0.3 is 11.7 Å². The first-order valence-corrected chi connectivity index (χ1v) is 30.7. The third-order valence-corrected chi connectivity index (χ3v) is 19.3. The minimum absolute atomic E-state index is 0.0399. The lowest BCUT2D eigenvalue weighted by Crippen LogP contribution is -2.70. The predicted molar refractivity (Wildman–Crippen MR) is 302 cm³/mol. The average Bonchev–Trinajstić information content (AvgIpc) is 1.34. The summed E-state index contributed by atoms with van der Waals surface area (Å²) in [5.74, 6) is 1.14. The molecule has 24 nitrogen and oxygen atoms in total. The molecular formula is C59H77N9O15S. The van der Waals surface area contributed by atoms with Crippen molar-refractivity contribution in [2.75, 3.05) is 58.9 Å². The summed E-state index contributed by atoms with van der Waals surface area (Å²) < 4.78 is 33.9. The summed E-state index contributed by atoms with van der Waals surface area (Å²) in [7, 11) is -3.53. The van der Waals surface area contributed by atoms with E-state index in [2.05, 4.69) is 60.2 Å². The van der Waals surface area contributed by atoms with Crippen molar-refractivity contribution >= 4 is 51.2 Å². The molecule has 2 aromatic heterocycles. The molecule has 1 aliphatic heterocycles. The Labute approximate surface area is 488 Å². The minimum atomic E-state index is -3.53. The maximum absolute atomic E-state index is 14.4. The molecule has 454 valence electrons. The van der Waals surface area contributed by atoms with Crippen molar-refractivity contribution in [2.45, 2.75) is 138 Å². The lowest BCUT2D eigenvalue weighted by atomic mass is 9.42. The Morgan fingerprint density at radius 3 is 2.24 bits per heavy atom. The first-order chi connectivity index (χ1) is 40.0. The van der Waals surface area contributed by atoms with Crippen LogP contribution in [0.1, 0.15) is 114 Å². The molecule has 0 unspecified atom stereocenters. The molecule has 4 aliphatic carbocycles. The van der Waals surface area contributed by atoms with Crippen molar-refractivity contribution in [3.63, 3.8) is 0 Å². The molecule has 4 saturated carbocycles. The number of benzene rings is 1. The third kappa shape index (κ3) is 14.5. The second-order valence-corrected chi connectivity index (χ2v) is 25.3. The van der Waals surface area contributed by atoms with Gasteiger partial charge in [0.2, 0.25) is 44.5 Å². The van der Waals surface area contributed by atoms with E-state index in [4.69, 9.17) is 9.15 Å². The van der Waals surface area contributed by atoms with Crippen LogP contribution in [0.2, 0.25) is 0 Å². The van der Waals surface area contributed by atoms with E-state index >= 15 is 0 Å². The number of piperidine rings is 1. The normalized spacial score (nSPS) is 27.0. The number of ketones is 1. The van der Waals surface area contributed by atoms with Crippen LogP contribution in [0.5, 0.6) is 0 Å². The Morgan fingerprint density at radius 2 is 1.55 bits per heavy atom. The van der Waals surface area contributed by atoms with Crippen LogP contribution in [0.3, 0.4) is 0 Å². The van der Waals surface area contributed by atoms with Gasteiger partial charge in [0.05, 0.1) is 49.1 Å². The van der Waals surface area contributed by atoms with Crippen LogP contribution in [-0.4, -0.2) is 174 Å². The molecule has 5 fully saturated rings. The molecule has 0 spiro atoms. The highest BCUT2D eigenvalue weighted by molar-refractivity contribution is 7.90. The Balaban J connectivity index is 0.715. The highest BCUT2D eigenvalue weighted by Crippen LogP contribution is 2.69. The molecule has 84 heavy (non-hydrogen) atoms. The zero-order valence-electron chi connectivity index (χ0n) is 47.7. The molecule has 10 atom stereocenters. The summed E-state index contributed by atoms with van der Waals surface area (Å²) in [5, 5.41) is 47.7. The van der Waals surface area contributed by atoms with Gasteiger partial charge in [-0.25, -0.2) is 28.0 Å². The highest BCUT2D eigenvalue weighted by Gasteiger charge is 2.73. The van der Waals surface area contributed by atoms with E-state index in [1.165, 1.54) is 24.7 Å². The topological polar surface area (TPSA) is 346 Å². The maximum atomic E-state index is 14.4. The van der Waals surface area contributed by atoms with Crippen LogP contribution in [-0.2, 0) is 49.8 Å². The second kappa shape index (κ2) is 27.3. The van der Waals surface area contributed by atoms with E-state index in [1.807, 2.05) is 0 Å². The minimum Gasteiger partial charge on any atom is -0.465 e. The molecule has 1 aromatic carbocycles. The SMILES string of the molecule is C[C@]12CC[C@H](N(C(=O)O)C3CCN(CCOCNC(=O)CNC(=O)[C@H](Cc4ccccc4)NC(=O)CNC(=O)CNC(=O)CCCC#Cc4cnc(S(C)(=O)=O)nc4)CC3)C[C@H]1CC[C@@H]1[C@@H]2[C@H](O)C(=O)[C@]2(C)[C@@H](c3ccc(=O)oc3)CC[C@]12O. The molecule has 8 N–H and O–H groups in total. The lowest BCUT2D eigenvalue weighted by molar-refractivity contribution is -0.227. The quantitative estimate of drug-likeness (QED) is 0.0305. The Hall–Kier alpha value is -7.11. The highest BCUT2D eigenvalue weighted by atomic mass is 32.2. The van der Waals surface area contributed by atoms with Crippen LogP contribution >= 0.6 is 0 Å². The molecule has 0 bridgehead atoms. The van der Waals surface area contributed by atoms with E-state index < -0.39 is 111 Å². The Bertz CT molecular complexity index is 3110. The lowest BCUT2D eigenvalue weighted by Gasteiger charge is -2.64. The van der Waals surface area contributed by atoms with E-state index in [9.17, 15) is 62.1 Å². The summed E-state index contributed by atoms with van der Waals surface area (Å²) in [6.45, 7) is 4.51. The number of aromatic nitrogens is 2. The fraction of sp³-hybridized carbons (Fsp3) is 0.593. The number of unbranched alkanes of at least 4 members (excludes halogenated alkanes) is 1. The third-order valence-electron chi connectivity index (χ3n) is 18.4. The van der Waals surface area contributed by atoms with Gasteiger partial charge in [0.25, 0.3) is 0 Å². The summed E-state index contributed by atoms with van der Waals surface area (Å²) in [4.78, 5) is 114. The second-order valence-electron chi connectivity index (χ2n) is 23.4. The number of nitrogens with one attached hydrogen (secondary N) is 5. The number of fused-ring (bicyclic) bond motifs is 5. The van der Waals surface area contributed by atoms with E-state index in [0.717, 1.165) is 18.2 Å². The van der Waals surface area contributed by atoms with Crippen molar-refractivity contribution < 1.29 is 66.5 Å². The predicted octanol–water partition coefficient (Wildman–Crippen LogP) is 1.43. The number of carbonyl (C=O) groups excluding carboxylic acids is 6. The maximum Gasteiger partial charge on any atom is 0.407 e. The van der Waals surface area contributed by atoms with Crippen molar-refractivity contribution in [1.82, 2.24) is 46.4 Å². The zero-order chi connectivity index (χ0) is 60.4. The van der Waals surface area contributed by atoms with Crippen molar-refractivity contribution in [1.29, 1.82) is 0 Å². The van der Waals surface area contributed by atoms with Gasteiger partial charge in [0, 0.05) is 87.5 Å². The molecule has 1 saturated heterocycles. The van der Waals surface area contributed by atoms with Gasteiger partial charge in [-0.3, -0.25) is 28.8 Å². The van der Waals surface area contributed by atoms with Crippen LogP contribution in [0.25, 0.3) is 0 Å². The number of Topliss-reactive ketones (excluding diaryl/α,β-unsaturated/α-hetero) is 1. The fourth-order valence-corrected chi connectivity index (χ4v) is 14.5. The number of aliphatic hydroxyl groups excluding tert-OH is 1.